The fourth-order valence-electron chi connectivity index (χ4n) is 4.14. The van der Waals surface area contributed by atoms with Crippen LogP contribution in [0.1, 0.15) is 36.5 Å². The second-order valence-electron chi connectivity index (χ2n) is 8.15. The summed E-state index contributed by atoms with van der Waals surface area (Å²) in [6.45, 7) is 10.9. The number of fused-ring (bicyclic) bond motifs is 1. The lowest BCUT2D eigenvalue weighted by atomic mass is 10.0. The number of nitrogens with one attached hydrogen (secondary N) is 1. The zero-order valence-electron chi connectivity index (χ0n) is 17.6. The van der Waals surface area contributed by atoms with Gasteiger partial charge in [-0.2, -0.15) is 0 Å². The maximum atomic E-state index is 12.9. The second-order valence-corrected chi connectivity index (χ2v) is 8.15. The van der Waals surface area contributed by atoms with E-state index in [9.17, 15) is 4.79 Å². The van der Waals surface area contributed by atoms with E-state index in [1.807, 2.05) is 43.0 Å². The van der Waals surface area contributed by atoms with Crippen LogP contribution in [0.3, 0.4) is 0 Å². The Labute approximate surface area is 172 Å². The first-order valence-electron chi connectivity index (χ1n) is 10.3. The van der Waals surface area contributed by atoms with Crippen LogP contribution in [0.2, 0.25) is 0 Å². The highest BCUT2D eigenvalue weighted by molar-refractivity contribution is 5.89. The molecule has 4 rings (SSSR count). The molecule has 1 N–H and O–H groups in total. The van der Waals surface area contributed by atoms with Gasteiger partial charge in [0.2, 0.25) is 0 Å². The highest BCUT2D eigenvalue weighted by Gasteiger charge is 2.30. The molecule has 154 valence electrons. The molecule has 0 saturated carbocycles. The van der Waals surface area contributed by atoms with Gasteiger partial charge in [0.15, 0.2) is 0 Å². The molecule has 7 heteroatoms. The van der Waals surface area contributed by atoms with Gasteiger partial charge in [0, 0.05) is 37.3 Å². The summed E-state index contributed by atoms with van der Waals surface area (Å²) in [7, 11) is 0. The largest absolute Gasteiger partial charge is 0.372 e. The normalized spacial score (nSPS) is 21.7. The quantitative estimate of drug-likeness (QED) is 0.845. The summed E-state index contributed by atoms with van der Waals surface area (Å²) in [5.74, 6) is 1.73. The number of aromatic nitrogens is 2. The molecule has 7 nitrogen and oxygen atoms in total. The first kappa shape index (κ1) is 19.6. The van der Waals surface area contributed by atoms with Crippen LogP contribution in [-0.4, -0.2) is 52.7 Å². The topological polar surface area (TPSA) is 70.6 Å². The van der Waals surface area contributed by atoms with Crippen LogP contribution < -0.4 is 10.2 Å². The van der Waals surface area contributed by atoms with E-state index in [0.717, 1.165) is 48.1 Å². The molecule has 29 heavy (non-hydrogen) atoms. The van der Waals surface area contributed by atoms with E-state index < -0.39 is 0 Å². The molecule has 2 aliphatic heterocycles. The number of ether oxygens (including phenoxy) is 1. The Kier molecular flexibility index (Phi) is 5.41. The van der Waals surface area contributed by atoms with Crippen LogP contribution >= 0.6 is 0 Å². The number of benzene rings is 1. The molecule has 0 aliphatic carbocycles. The van der Waals surface area contributed by atoms with E-state index in [2.05, 4.69) is 29.0 Å². The fourth-order valence-corrected chi connectivity index (χ4v) is 4.14. The van der Waals surface area contributed by atoms with Gasteiger partial charge in [-0.15, -0.1) is 0 Å². The van der Waals surface area contributed by atoms with Crippen LogP contribution in [0.4, 0.5) is 16.3 Å². The van der Waals surface area contributed by atoms with Crippen molar-refractivity contribution in [3.05, 3.63) is 46.9 Å². The molecule has 0 bridgehead atoms. The lowest BCUT2D eigenvalue weighted by Gasteiger charge is -2.38. The summed E-state index contributed by atoms with van der Waals surface area (Å²) in [5, 5.41) is 3.01. The fraction of sp³-hybridized carbons (Fsp3) is 0.500. The SMILES string of the molecule is Cc1ccc(NC(=O)N2CCc3nc(C)nc(N4C[C@@H](C)O[C@H](C)C4)c3C2)cc1. The molecule has 0 unspecified atom stereocenters. The van der Waals surface area contributed by atoms with Crippen molar-refractivity contribution in [1.29, 1.82) is 0 Å². The number of carbonyl (C=O) groups is 1. The summed E-state index contributed by atoms with van der Waals surface area (Å²) >= 11 is 0. The lowest BCUT2D eigenvalue weighted by molar-refractivity contribution is -0.00557. The summed E-state index contributed by atoms with van der Waals surface area (Å²) in [6.07, 6.45) is 1.03. The molecule has 2 amide bonds. The third kappa shape index (κ3) is 4.34. The van der Waals surface area contributed by atoms with Crippen molar-refractivity contribution in [3.63, 3.8) is 0 Å². The summed E-state index contributed by atoms with van der Waals surface area (Å²) < 4.78 is 5.89. The van der Waals surface area contributed by atoms with Crippen molar-refractivity contribution in [2.45, 2.75) is 52.9 Å². The molecule has 2 aliphatic rings. The van der Waals surface area contributed by atoms with Crippen molar-refractivity contribution in [2.24, 2.45) is 0 Å². The van der Waals surface area contributed by atoms with E-state index >= 15 is 0 Å². The van der Waals surface area contributed by atoms with Crippen LogP contribution in [-0.2, 0) is 17.7 Å². The van der Waals surface area contributed by atoms with Gasteiger partial charge < -0.3 is 19.9 Å². The van der Waals surface area contributed by atoms with Gasteiger partial charge in [0.05, 0.1) is 24.4 Å². The zero-order valence-corrected chi connectivity index (χ0v) is 17.6. The summed E-state index contributed by atoms with van der Waals surface area (Å²) in [4.78, 5) is 26.4. The predicted molar refractivity (Wildman–Crippen MR) is 113 cm³/mol. The first-order valence-corrected chi connectivity index (χ1v) is 10.3. The first-order chi connectivity index (χ1) is 13.9. The molecular weight excluding hydrogens is 366 g/mol. The van der Waals surface area contributed by atoms with E-state index in [1.165, 1.54) is 5.56 Å². The average Bonchev–Trinajstić information content (AvgIpc) is 2.68. The molecule has 0 spiro atoms. The van der Waals surface area contributed by atoms with Crippen molar-refractivity contribution in [1.82, 2.24) is 14.9 Å². The zero-order chi connectivity index (χ0) is 20.5. The number of carbonyl (C=O) groups excluding carboxylic acids is 1. The minimum absolute atomic E-state index is 0.0882. The van der Waals surface area contributed by atoms with Gasteiger partial charge >= 0.3 is 6.03 Å². The van der Waals surface area contributed by atoms with Crippen LogP contribution in [0.5, 0.6) is 0 Å². The van der Waals surface area contributed by atoms with Gasteiger partial charge in [-0.05, 0) is 39.8 Å². The van der Waals surface area contributed by atoms with Crippen molar-refractivity contribution in [2.75, 3.05) is 29.9 Å². The Hall–Kier alpha value is -2.67. The maximum Gasteiger partial charge on any atom is 0.322 e. The van der Waals surface area contributed by atoms with Crippen molar-refractivity contribution in [3.8, 4) is 0 Å². The smallest absolute Gasteiger partial charge is 0.322 e. The van der Waals surface area contributed by atoms with E-state index in [4.69, 9.17) is 9.72 Å². The second kappa shape index (κ2) is 7.99. The number of aryl methyl sites for hydroxylation is 2. The molecule has 2 atom stereocenters. The van der Waals surface area contributed by atoms with E-state index in [0.29, 0.717) is 13.1 Å². The molecule has 1 aromatic heterocycles. The highest BCUT2D eigenvalue weighted by Crippen LogP contribution is 2.29. The van der Waals surface area contributed by atoms with Crippen molar-refractivity contribution >= 4 is 17.5 Å². The standard InChI is InChI=1S/C22H29N5O2/c1-14-5-7-18(8-6-14)25-22(28)26-10-9-20-19(13-26)21(24-17(4)23-20)27-11-15(2)29-16(3)12-27/h5-8,15-16H,9-13H2,1-4H3,(H,25,28)/t15-,16-/m1/s1. The number of hydrogen-bond acceptors (Lipinski definition) is 5. The van der Waals surface area contributed by atoms with Gasteiger partial charge in [-0.1, -0.05) is 17.7 Å². The number of amides is 2. The number of anilines is 2. The molecule has 2 aromatic rings. The Bertz CT molecular complexity index is 889. The van der Waals surface area contributed by atoms with Crippen LogP contribution in [0.15, 0.2) is 24.3 Å². The Balaban J connectivity index is 1.56. The van der Waals surface area contributed by atoms with Gasteiger partial charge in [0.25, 0.3) is 0 Å². The maximum absolute atomic E-state index is 12.9. The minimum Gasteiger partial charge on any atom is -0.372 e. The van der Waals surface area contributed by atoms with Gasteiger partial charge in [-0.25, -0.2) is 14.8 Å². The Morgan fingerprint density at radius 3 is 2.48 bits per heavy atom. The minimum atomic E-state index is -0.0882. The molecule has 1 saturated heterocycles. The number of morpholine rings is 1. The Morgan fingerprint density at radius 1 is 1.10 bits per heavy atom. The molecule has 1 fully saturated rings. The van der Waals surface area contributed by atoms with E-state index in [-0.39, 0.29) is 18.2 Å². The van der Waals surface area contributed by atoms with Crippen LogP contribution in [0, 0.1) is 13.8 Å². The molecular formula is C22H29N5O2. The van der Waals surface area contributed by atoms with Crippen LogP contribution in [0.25, 0.3) is 0 Å². The number of rotatable bonds is 2. The highest BCUT2D eigenvalue weighted by atomic mass is 16.5. The lowest BCUT2D eigenvalue weighted by Crippen LogP contribution is -2.47. The summed E-state index contributed by atoms with van der Waals surface area (Å²) in [5.41, 5.74) is 4.09. The van der Waals surface area contributed by atoms with Gasteiger partial charge in [-0.3, -0.25) is 0 Å². The third-order valence-corrected chi connectivity index (χ3v) is 5.46. The van der Waals surface area contributed by atoms with Crippen molar-refractivity contribution < 1.29 is 9.53 Å². The molecule has 3 heterocycles. The van der Waals surface area contributed by atoms with Gasteiger partial charge in [0.1, 0.15) is 11.6 Å². The predicted octanol–water partition coefficient (Wildman–Crippen LogP) is 3.30. The summed E-state index contributed by atoms with van der Waals surface area (Å²) in [6, 6.07) is 7.77. The number of hydrogen-bond donors (Lipinski definition) is 1. The molecule has 1 aromatic carbocycles. The van der Waals surface area contributed by atoms with E-state index in [1.54, 1.807) is 0 Å². The monoisotopic (exact) mass is 395 g/mol. The average molecular weight is 396 g/mol. The number of nitrogens with zero attached hydrogens (tertiary/aromatic N) is 4. The third-order valence-electron chi connectivity index (χ3n) is 5.46. The Morgan fingerprint density at radius 2 is 1.79 bits per heavy atom. The number of urea groups is 1. The molecule has 0 radical (unpaired) electrons.